The van der Waals surface area contributed by atoms with Gasteiger partial charge in [-0.15, -0.1) is 0 Å². The van der Waals surface area contributed by atoms with Crippen molar-refractivity contribution in [3.8, 4) is 39.8 Å². The summed E-state index contributed by atoms with van der Waals surface area (Å²) in [6, 6.07) is 38.9. The second-order valence-corrected chi connectivity index (χ2v) is 12.2. The van der Waals surface area contributed by atoms with Crippen LogP contribution in [0.15, 0.2) is 115 Å². The van der Waals surface area contributed by atoms with Crippen molar-refractivity contribution >= 4 is 43.4 Å². The van der Waals surface area contributed by atoms with E-state index < -0.39 is 0 Å². The number of aromatic nitrogens is 3. The molecule has 2 aliphatic rings. The average Bonchev–Trinajstić information content (AvgIpc) is 3.51. The summed E-state index contributed by atoms with van der Waals surface area (Å²) in [5.41, 5.74) is 9.31. The van der Waals surface area contributed by atoms with Gasteiger partial charge in [-0.25, -0.2) is 4.98 Å². The highest BCUT2D eigenvalue weighted by Crippen LogP contribution is 2.56. The van der Waals surface area contributed by atoms with Crippen molar-refractivity contribution in [2.45, 2.75) is 19.3 Å². The average molecular weight is 552 g/mol. The van der Waals surface area contributed by atoms with Gasteiger partial charge in [0.2, 0.25) is 11.8 Å². The third kappa shape index (κ3) is 2.81. The molecule has 0 bridgehead atoms. The maximum atomic E-state index is 6.50. The van der Waals surface area contributed by atoms with Crippen LogP contribution in [0.4, 0.5) is 0 Å². The SMILES string of the molecule is CC1(C)c2ccccc2-c2c1c1c(c3ccccc23)c2ccccc2n1-c1ncc2c(n1)Oc1cccc3cccc-2c13. The van der Waals surface area contributed by atoms with Crippen LogP contribution >= 0.6 is 0 Å². The van der Waals surface area contributed by atoms with Crippen molar-refractivity contribution in [2.24, 2.45) is 0 Å². The molecule has 2 aromatic heterocycles. The lowest BCUT2D eigenvalue weighted by molar-refractivity contribution is 0.464. The number of benzene rings is 6. The Morgan fingerprint density at radius 3 is 2.26 bits per heavy atom. The van der Waals surface area contributed by atoms with Gasteiger partial charge in [-0.05, 0) is 50.5 Å². The van der Waals surface area contributed by atoms with Gasteiger partial charge in [0.05, 0.1) is 16.6 Å². The highest BCUT2D eigenvalue weighted by Gasteiger charge is 2.40. The minimum absolute atomic E-state index is 0.223. The monoisotopic (exact) mass is 551 g/mol. The zero-order valence-electron chi connectivity index (χ0n) is 23.7. The highest BCUT2D eigenvalue weighted by molar-refractivity contribution is 6.26. The Morgan fingerprint density at radius 1 is 0.651 bits per heavy atom. The molecule has 6 aromatic carbocycles. The van der Waals surface area contributed by atoms with Crippen molar-refractivity contribution in [2.75, 3.05) is 0 Å². The topological polar surface area (TPSA) is 39.9 Å². The molecule has 8 aromatic rings. The molecule has 1 aliphatic heterocycles. The normalized spacial score (nSPS) is 14.2. The summed E-state index contributed by atoms with van der Waals surface area (Å²) in [5, 5.41) is 7.22. The summed E-state index contributed by atoms with van der Waals surface area (Å²) in [7, 11) is 0. The molecule has 4 nitrogen and oxygen atoms in total. The number of hydrogen-bond acceptors (Lipinski definition) is 3. The lowest BCUT2D eigenvalue weighted by atomic mass is 9.80. The van der Waals surface area contributed by atoms with E-state index in [1.807, 2.05) is 18.3 Å². The molecule has 3 heterocycles. The van der Waals surface area contributed by atoms with Crippen molar-refractivity contribution < 1.29 is 4.74 Å². The van der Waals surface area contributed by atoms with Gasteiger partial charge in [0, 0.05) is 33.3 Å². The zero-order valence-corrected chi connectivity index (χ0v) is 23.7. The third-order valence-electron chi connectivity index (χ3n) is 9.63. The van der Waals surface area contributed by atoms with E-state index in [2.05, 4.69) is 115 Å². The summed E-state index contributed by atoms with van der Waals surface area (Å²) < 4.78 is 8.77. The minimum atomic E-state index is -0.223. The predicted octanol–water partition coefficient (Wildman–Crippen LogP) is 9.96. The van der Waals surface area contributed by atoms with Crippen LogP contribution in [0.3, 0.4) is 0 Å². The van der Waals surface area contributed by atoms with E-state index in [0.717, 1.165) is 38.7 Å². The standard InChI is InChI=1S/C39H25N3O/c1-39(2)29-18-7-5-15-26(29)33-23-13-3-4-14-24(23)34-27-16-6-8-19-30(27)42(36(34)35(33)39)38-40-21-28-25-17-9-11-22-12-10-20-31(32(22)25)43-37(28)41-38/h3-21H,1-2H3. The van der Waals surface area contributed by atoms with Crippen molar-refractivity contribution in [3.63, 3.8) is 0 Å². The fourth-order valence-electron chi connectivity index (χ4n) is 7.85. The minimum Gasteiger partial charge on any atom is -0.438 e. The van der Waals surface area contributed by atoms with Gasteiger partial charge in [-0.1, -0.05) is 111 Å². The van der Waals surface area contributed by atoms with Gasteiger partial charge in [-0.2, -0.15) is 4.98 Å². The number of ether oxygens (including phenoxy) is 1. The maximum absolute atomic E-state index is 6.50. The Kier molecular flexibility index (Phi) is 4.23. The quantitative estimate of drug-likeness (QED) is 0.204. The molecule has 202 valence electrons. The number of fused-ring (bicyclic) bond motifs is 12. The largest absolute Gasteiger partial charge is 0.438 e. The van der Waals surface area contributed by atoms with E-state index in [1.165, 1.54) is 43.8 Å². The summed E-state index contributed by atoms with van der Waals surface area (Å²) in [5.74, 6) is 2.03. The van der Waals surface area contributed by atoms with Crippen LogP contribution in [0, 0.1) is 0 Å². The van der Waals surface area contributed by atoms with Crippen LogP contribution in [-0.2, 0) is 5.41 Å². The molecule has 10 rings (SSSR count). The lowest BCUT2D eigenvalue weighted by Crippen LogP contribution is -2.17. The fourth-order valence-corrected chi connectivity index (χ4v) is 7.85. The highest BCUT2D eigenvalue weighted by atomic mass is 16.5. The first-order valence-corrected chi connectivity index (χ1v) is 14.8. The van der Waals surface area contributed by atoms with Gasteiger partial charge in [0.25, 0.3) is 0 Å². The van der Waals surface area contributed by atoms with E-state index in [-0.39, 0.29) is 5.41 Å². The van der Waals surface area contributed by atoms with E-state index in [1.54, 1.807) is 0 Å². The number of nitrogens with zero attached hydrogens (tertiary/aromatic N) is 3. The molecule has 0 spiro atoms. The Labute approximate surface area is 247 Å². The second kappa shape index (κ2) is 7.87. The summed E-state index contributed by atoms with van der Waals surface area (Å²) >= 11 is 0. The van der Waals surface area contributed by atoms with Gasteiger partial charge in [0.1, 0.15) is 5.75 Å². The Morgan fingerprint density at radius 2 is 1.37 bits per heavy atom. The zero-order chi connectivity index (χ0) is 28.4. The predicted molar refractivity (Wildman–Crippen MR) is 174 cm³/mol. The third-order valence-corrected chi connectivity index (χ3v) is 9.63. The van der Waals surface area contributed by atoms with Gasteiger partial charge >= 0.3 is 0 Å². The van der Waals surface area contributed by atoms with E-state index in [0.29, 0.717) is 11.8 Å². The summed E-state index contributed by atoms with van der Waals surface area (Å²) in [6.45, 7) is 4.70. The molecular formula is C39H25N3O. The molecule has 1 aliphatic carbocycles. The second-order valence-electron chi connectivity index (χ2n) is 12.2. The summed E-state index contributed by atoms with van der Waals surface area (Å²) in [4.78, 5) is 10.2. The van der Waals surface area contributed by atoms with Crippen LogP contribution in [0.25, 0.3) is 71.6 Å². The first kappa shape index (κ1) is 23.1. The Balaban J connectivity index is 1.36. The van der Waals surface area contributed by atoms with Crippen LogP contribution < -0.4 is 4.74 Å². The molecule has 0 amide bonds. The Hall–Kier alpha value is -5.48. The maximum Gasteiger partial charge on any atom is 0.237 e. The van der Waals surface area contributed by atoms with E-state index >= 15 is 0 Å². The summed E-state index contributed by atoms with van der Waals surface area (Å²) in [6.07, 6.45) is 1.93. The molecule has 0 radical (unpaired) electrons. The molecule has 0 saturated heterocycles. The molecule has 0 saturated carbocycles. The van der Waals surface area contributed by atoms with Crippen LogP contribution in [0.5, 0.6) is 11.6 Å². The lowest BCUT2D eigenvalue weighted by Gasteiger charge is -2.24. The van der Waals surface area contributed by atoms with Crippen LogP contribution in [0.1, 0.15) is 25.0 Å². The number of para-hydroxylation sites is 1. The number of rotatable bonds is 1. The first-order chi connectivity index (χ1) is 21.1. The first-order valence-electron chi connectivity index (χ1n) is 14.8. The van der Waals surface area contributed by atoms with Crippen LogP contribution in [-0.4, -0.2) is 14.5 Å². The molecule has 43 heavy (non-hydrogen) atoms. The van der Waals surface area contributed by atoms with Crippen molar-refractivity contribution in [3.05, 3.63) is 127 Å². The van der Waals surface area contributed by atoms with Crippen LogP contribution in [0.2, 0.25) is 0 Å². The van der Waals surface area contributed by atoms with Gasteiger partial charge in [0.15, 0.2) is 0 Å². The van der Waals surface area contributed by atoms with E-state index in [9.17, 15) is 0 Å². The fraction of sp³-hybridized carbons (Fsp3) is 0.0769. The molecule has 0 unspecified atom stereocenters. The molecule has 0 fully saturated rings. The Bertz CT molecular complexity index is 2510. The van der Waals surface area contributed by atoms with Crippen molar-refractivity contribution in [1.29, 1.82) is 0 Å². The van der Waals surface area contributed by atoms with Gasteiger partial charge in [-0.3, -0.25) is 4.57 Å². The smallest absolute Gasteiger partial charge is 0.237 e. The molecule has 0 N–H and O–H groups in total. The van der Waals surface area contributed by atoms with Gasteiger partial charge < -0.3 is 4.74 Å². The van der Waals surface area contributed by atoms with Crippen molar-refractivity contribution in [1.82, 2.24) is 14.5 Å². The molecule has 4 heteroatoms. The van der Waals surface area contributed by atoms with E-state index in [4.69, 9.17) is 14.7 Å². The number of hydrogen-bond donors (Lipinski definition) is 0. The molecule has 0 atom stereocenters. The molecular weight excluding hydrogens is 526 g/mol.